The molecule has 21 heavy (non-hydrogen) atoms. The van der Waals surface area contributed by atoms with Crippen molar-refractivity contribution in [3.05, 3.63) is 35.9 Å². The molecule has 1 unspecified atom stereocenters. The zero-order valence-electron chi connectivity index (χ0n) is 14.7. The Morgan fingerprint density at radius 3 is 1.95 bits per heavy atom. The first-order valence-electron chi connectivity index (χ1n) is 8.70. The molecule has 1 N–H and O–H groups in total. The third-order valence-corrected chi connectivity index (χ3v) is 5.00. The van der Waals surface area contributed by atoms with E-state index in [-0.39, 0.29) is 5.54 Å². The molecule has 0 bridgehead atoms. The molecule has 1 aromatic carbocycles. The molecule has 0 aliphatic carbocycles. The van der Waals surface area contributed by atoms with E-state index in [1.165, 1.54) is 18.4 Å². The Hall–Kier alpha value is -0.860. The fourth-order valence-corrected chi connectivity index (χ4v) is 3.81. The molecule has 0 aromatic heterocycles. The predicted octanol–water partition coefficient (Wildman–Crippen LogP) is 4.11. The second-order valence-electron chi connectivity index (χ2n) is 5.78. The molecule has 0 heterocycles. The number of hydrogen-bond acceptors (Lipinski definition) is 2. The second kappa shape index (κ2) is 9.22. The van der Waals surface area contributed by atoms with Gasteiger partial charge in [-0.05, 0) is 44.5 Å². The van der Waals surface area contributed by atoms with Gasteiger partial charge in [0.15, 0.2) is 0 Å². The lowest BCUT2D eigenvalue weighted by Gasteiger charge is -2.48. The standard InChI is InChI=1S/C19H34N2/c1-6-19(7-2,21(9-4)10-5)18(20-8-3)16-17-14-12-11-13-15-17/h11-15,18,20H,6-10,16H2,1-5H3. The number of nitrogens with zero attached hydrogens (tertiary/aromatic N) is 1. The van der Waals surface area contributed by atoms with Crippen molar-refractivity contribution in [2.75, 3.05) is 19.6 Å². The van der Waals surface area contributed by atoms with E-state index >= 15 is 0 Å². The van der Waals surface area contributed by atoms with Gasteiger partial charge in [0.25, 0.3) is 0 Å². The van der Waals surface area contributed by atoms with E-state index in [1.54, 1.807) is 0 Å². The smallest absolute Gasteiger partial charge is 0.0360 e. The summed E-state index contributed by atoms with van der Waals surface area (Å²) >= 11 is 0. The minimum absolute atomic E-state index is 0.245. The predicted molar refractivity (Wildman–Crippen MR) is 93.8 cm³/mol. The van der Waals surface area contributed by atoms with E-state index < -0.39 is 0 Å². The molecule has 0 fully saturated rings. The van der Waals surface area contributed by atoms with Gasteiger partial charge in [-0.25, -0.2) is 0 Å². The van der Waals surface area contributed by atoms with Crippen LogP contribution in [-0.2, 0) is 6.42 Å². The number of nitrogens with one attached hydrogen (secondary N) is 1. The van der Waals surface area contributed by atoms with Crippen LogP contribution < -0.4 is 5.32 Å². The van der Waals surface area contributed by atoms with Crippen LogP contribution in [0.2, 0.25) is 0 Å². The quantitative estimate of drug-likeness (QED) is 0.697. The summed E-state index contributed by atoms with van der Waals surface area (Å²) < 4.78 is 0. The molecule has 1 rings (SSSR count). The molecule has 0 spiro atoms. The van der Waals surface area contributed by atoms with Gasteiger partial charge in [0, 0.05) is 11.6 Å². The molecule has 0 saturated carbocycles. The number of likely N-dealkylation sites (N-methyl/N-ethyl adjacent to an activating group) is 2. The first-order chi connectivity index (χ1) is 10.2. The highest BCUT2D eigenvalue weighted by Crippen LogP contribution is 2.30. The van der Waals surface area contributed by atoms with Crippen molar-refractivity contribution in [2.24, 2.45) is 0 Å². The van der Waals surface area contributed by atoms with Crippen molar-refractivity contribution in [1.29, 1.82) is 0 Å². The van der Waals surface area contributed by atoms with Gasteiger partial charge in [-0.1, -0.05) is 65.0 Å². The largest absolute Gasteiger partial charge is 0.312 e. The van der Waals surface area contributed by atoms with Crippen molar-refractivity contribution in [3.63, 3.8) is 0 Å². The van der Waals surface area contributed by atoms with Gasteiger partial charge in [-0.15, -0.1) is 0 Å². The topological polar surface area (TPSA) is 15.3 Å². The minimum atomic E-state index is 0.245. The van der Waals surface area contributed by atoms with Crippen molar-refractivity contribution in [3.8, 4) is 0 Å². The molecule has 0 saturated heterocycles. The molecule has 2 heteroatoms. The summed E-state index contributed by atoms with van der Waals surface area (Å²) in [5.74, 6) is 0. The van der Waals surface area contributed by atoms with E-state index in [4.69, 9.17) is 0 Å². The van der Waals surface area contributed by atoms with E-state index in [0.29, 0.717) is 6.04 Å². The average molecular weight is 290 g/mol. The third-order valence-electron chi connectivity index (χ3n) is 5.00. The number of hydrogen-bond donors (Lipinski definition) is 1. The number of benzene rings is 1. The fourth-order valence-electron chi connectivity index (χ4n) is 3.81. The summed E-state index contributed by atoms with van der Waals surface area (Å²) in [6.07, 6.45) is 3.48. The van der Waals surface area contributed by atoms with Crippen LogP contribution in [0.4, 0.5) is 0 Å². The van der Waals surface area contributed by atoms with E-state index in [2.05, 4.69) is 75.2 Å². The van der Waals surface area contributed by atoms with Crippen LogP contribution in [0, 0.1) is 0 Å². The van der Waals surface area contributed by atoms with Crippen LogP contribution in [0.1, 0.15) is 53.0 Å². The molecule has 1 aromatic rings. The van der Waals surface area contributed by atoms with Crippen molar-refractivity contribution in [2.45, 2.75) is 65.5 Å². The summed E-state index contributed by atoms with van der Waals surface area (Å²) in [4.78, 5) is 2.66. The molecule has 0 aliphatic heterocycles. The van der Waals surface area contributed by atoms with Gasteiger partial charge in [-0.2, -0.15) is 0 Å². The van der Waals surface area contributed by atoms with Crippen molar-refractivity contribution < 1.29 is 0 Å². The Morgan fingerprint density at radius 1 is 0.952 bits per heavy atom. The van der Waals surface area contributed by atoms with Crippen molar-refractivity contribution in [1.82, 2.24) is 10.2 Å². The Bertz CT molecular complexity index is 366. The summed E-state index contributed by atoms with van der Waals surface area (Å²) in [6.45, 7) is 14.7. The van der Waals surface area contributed by atoms with Crippen LogP contribution in [0.15, 0.2) is 30.3 Å². The summed E-state index contributed by atoms with van der Waals surface area (Å²) in [7, 11) is 0. The van der Waals surface area contributed by atoms with Gasteiger partial charge in [-0.3, -0.25) is 4.90 Å². The SMILES string of the molecule is CCNC(Cc1ccccc1)C(CC)(CC)N(CC)CC. The van der Waals surface area contributed by atoms with Gasteiger partial charge in [0.2, 0.25) is 0 Å². The third kappa shape index (κ3) is 4.31. The minimum Gasteiger partial charge on any atom is -0.312 e. The van der Waals surface area contributed by atoms with Crippen LogP contribution >= 0.6 is 0 Å². The second-order valence-corrected chi connectivity index (χ2v) is 5.78. The zero-order chi connectivity index (χ0) is 15.7. The highest BCUT2D eigenvalue weighted by Gasteiger charge is 2.39. The lowest BCUT2D eigenvalue weighted by Crippen LogP contribution is -2.61. The lowest BCUT2D eigenvalue weighted by atomic mass is 9.79. The lowest BCUT2D eigenvalue weighted by molar-refractivity contribution is 0.0498. The maximum absolute atomic E-state index is 3.78. The number of rotatable bonds is 10. The first-order valence-corrected chi connectivity index (χ1v) is 8.70. The van der Waals surface area contributed by atoms with E-state index in [0.717, 1.165) is 26.1 Å². The van der Waals surface area contributed by atoms with Crippen molar-refractivity contribution >= 4 is 0 Å². The maximum Gasteiger partial charge on any atom is 0.0360 e. The van der Waals surface area contributed by atoms with Gasteiger partial charge in [0.05, 0.1) is 0 Å². The average Bonchev–Trinajstić information content (AvgIpc) is 2.53. The molecule has 2 nitrogen and oxygen atoms in total. The summed E-state index contributed by atoms with van der Waals surface area (Å²) in [5, 5.41) is 3.78. The van der Waals surface area contributed by atoms with Gasteiger partial charge < -0.3 is 5.32 Å². The van der Waals surface area contributed by atoms with Gasteiger partial charge >= 0.3 is 0 Å². The van der Waals surface area contributed by atoms with Gasteiger partial charge in [0.1, 0.15) is 0 Å². The molecular formula is C19H34N2. The first kappa shape index (κ1) is 18.2. The Labute approximate surface area is 131 Å². The molecule has 120 valence electrons. The van der Waals surface area contributed by atoms with Crippen LogP contribution in [0.3, 0.4) is 0 Å². The molecule has 0 amide bonds. The molecule has 1 atom stereocenters. The fraction of sp³-hybridized carbons (Fsp3) is 0.684. The van der Waals surface area contributed by atoms with E-state index in [1.807, 2.05) is 0 Å². The molecule has 0 aliphatic rings. The van der Waals surface area contributed by atoms with Crippen LogP contribution in [0.5, 0.6) is 0 Å². The monoisotopic (exact) mass is 290 g/mol. The summed E-state index contributed by atoms with van der Waals surface area (Å²) in [6, 6.07) is 11.4. The normalized spacial score (nSPS) is 13.6. The van der Waals surface area contributed by atoms with Crippen LogP contribution in [-0.4, -0.2) is 36.1 Å². The highest BCUT2D eigenvalue weighted by molar-refractivity contribution is 5.18. The Kier molecular flexibility index (Phi) is 7.98. The maximum atomic E-state index is 3.78. The summed E-state index contributed by atoms with van der Waals surface area (Å²) in [5.41, 5.74) is 1.68. The van der Waals surface area contributed by atoms with E-state index in [9.17, 15) is 0 Å². The Morgan fingerprint density at radius 2 is 1.52 bits per heavy atom. The zero-order valence-corrected chi connectivity index (χ0v) is 14.7. The molecular weight excluding hydrogens is 256 g/mol. The Balaban J connectivity index is 3.07. The molecule has 0 radical (unpaired) electrons. The highest BCUT2D eigenvalue weighted by atomic mass is 15.2. The van der Waals surface area contributed by atoms with Crippen LogP contribution in [0.25, 0.3) is 0 Å².